The zero-order valence-corrected chi connectivity index (χ0v) is 15.2. The smallest absolute Gasteiger partial charge is 0.191 e. The highest BCUT2D eigenvalue weighted by molar-refractivity contribution is 7.99. The summed E-state index contributed by atoms with van der Waals surface area (Å²) in [6.07, 6.45) is 0. The maximum absolute atomic E-state index is 12.5. The first kappa shape index (κ1) is 16.0. The number of aryl methyl sites for hydroxylation is 1. The Bertz CT molecular complexity index is 846. The van der Waals surface area contributed by atoms with Gasteiger partial charge in [0.25, 0.3) is 0 Å². The van der Waals surface area contributed by atoms with E-state index in [-0.39, 0.29) is 5.78 Å². The highest BCUT2D eigenvalue weighted by Gasteiger charge is 2.17. The lowest BCUT2D eigenvalue weighted by molar-refractivity contribution is 0.102. The van der Waals surface area contributed by atoms with E-state index in [0.717, 1.165) is 32.8 Å². The van der Waals surface area contributed by atoms with Crippen LogP contribution in [-0.4, -0.2) is 30.9 Å². The molecule has 3 heterocycles. The van der Waals surface area contributed by atoms with Gasteiger partial charge in [0.05, 0.1) is 10.6 Å². The Kier molecular flexibility index (Phi) is 4.41. The number of hydrogen-bond acceptors (Lipinski definition) is 5. The van der Waals surface area contributed by atoms with Crippen LogP contribution in [0.4, 0.5) is 0 Å². The number of ketones is 1. The van der Waals surface area contributed by atoms with Gasteiger partial charge in [0.1, 0.15) is 0 Å². The number of carbonyl (C=O) groups excluding carboxylic acids is 1. The van der Waals surface area contributed by atoms with Gasteiger partial charge in [-0.15, -0.1) is 21.5 Å². The van der Waals surface area contributed by atoms with Gasteiger partial charge in [-0.1, -0.05) is 17.8 Å². The Morgan fingerprint density at radius 1 is 1.26 bits per heavy atom. The Labute approximate surface area is 143 Å². The molecule has 0 saturated carbocycles. The van der Waals surface area contributed by atoms with Crippen molar-refractivity contribution in [1.29, 1.82) is 0 Å². The second kappa shape index (κ2) is 6.33. The molecule has 0 spiro atoms. The predicted octanol–water partition coefficient (Wildman–Crippen LogP) is 3.47. The van der Waals surface area contributed by atoms with E-state index >= 15 is 0 Å². The molecule has 0 amide bonds. The number of aromatic nitrogens is 4. The lowest BCUT2D eigenvalue weighted by Crippen LogP contribution is -2.05. The van der Waals surface area contributed by atoms with Crippen LogP contribution in [0, 0.1) is 13.8 Å². The molecule has 0 N–H and O–H groups in total. The fraction of sp³-hybridized carbons (Fsp3) is 0.312. The molecule has 0 unspecified atom stereocenters. The minimum absolute atomic E-state index is 0.122. The molecule has 0 aromatic carbocycles. The van der Waals surface area contributed by atoms with Crippen molar-refractivity contribution < 1.29 is 4.79 Å². The van der Waals surface area contributed by atoms with Crippen molar-refractivity contribution in [3.8, 4) is 10.7 Å². The summed E-state index contributed by atoms with van der Waals surface area (Å²) in [6, 6.07) is 5.96. The molecule has 5 nitrogen and oxygen atoms in total. The van der Waals surface area contributed by atoms with E-state index in [1.54, 1.807) is 11.3 Å². The molecule has 0 radical (unpaired) electrons. The summed E-state index contributed by atoms with van der Waals surface area (Å²) in [5.41, 5.74) is 2.89. The third-order valence-corrected chi connectivity index (χ3v) is 5.87. The summed E-state index contributed by atoms with van der Waals surface area (Å²) in [7, 11) is 3.91. The molecule has 3 rings (SSSR count). The fourth-order valence-electron chi connectivity index (χ4n) is 2.41. The van der Waals surface area contributed by atoms with Gasteiger partial charge >= 0.3 is 0 Å². The number of Topliss-reactive ketones (excluding diaryl/α,β-unsaturated/α-hetero) is 1. The van der Waals surface area contributed by atoms with Crippen molar-refractivity contribution >= 4 is 28.9 Å². The second-order valence-corrected chi connectivity index (χ2v) is 7.29. The standard InChI is InChI=1S/C16H18N4OS2/c1-10-8-12(11(2)19(10)3)13(21)9-23-16-18-17-15(20(16)4)14-6-5-7-22-14/h5-8H,9H2,1-4H3. The van der Waals surface area contributed by atoms with Gasteiger partial charge in [-0.2, -0.15) is 0 Å². The molecule has 0 bridgehead atoms. The Hall–Kier alpha value is -1.86. The molecule has 0 atom stereocenters. The van der Waals surface area contributed by atoms with E-state index in [9.17, 15) is 4.79 Å². The van der Waals surface area contributed by atoms with Crippen LogP contribution < -0.4 is 0 Å². The summed E-state index contributed by atoms with van der Waals surface area (Å²) in [5, 5.41) is 11.2. The van der Waals surface area contributed by atoms with E-state index in [1.807, 2.05) is 60.7 Å². The molecule has 120 valence electrons. The van der Waals surface area contributed by atoms with Crippen molar-refractivity contribution in [3.63, 3.8) is 0 Å². The van der Waals surface area contributed by atoms with Gasteiger partial charge in [0, 0.05) is 31.0 Å². The number of thioether (sulfide) groups is 1. The monoisotopic (exact) mass is 346 g/mol. The minimum atomic E-state index is 0.122. The topological polar surface area (TPSA) is 52.7 Å². The van der Waals surface area contributed by atoms with Crippen LogP contribution in [0.1, 0.15) is 21.7 Å². The van der Waals surface area contributed by atoms with E-state index < -0.39 is 0 Å². The predicted molar refractivity (Wildman–Crippen MR) is 94.3 cm³/mol. The zero-order chi connectivity index (χ0) is 16.6. The first-order chi connectivity index (χ1) is 11.0. The first-order valence-corrected chi connectivity index (χ1v) is 9.07. The van der Waals surface area contributed by atoms with Gasteiger partial charge in [0.15, 0.2) is 16.8 Å². The SMILES string of the molecule is Cc1cc(C(=O)CSc2nnc(-c3cccs3)n2C)c(C)n1C. The molecular formula is C16H18N4OS2. The Balaban J connectivity index is 1.74. The molecular weight excluding hydrogens is 328 g/mol. The average Bonchev–Trinajstić information content (AvgIpc) is 3.23. The van der Waals surface area contributed by atoms with Crippen LogP contribution >= 0.6 is 23.1 Å². The van der Waals surface area contributed by atoms with Crippen molar-refractivity contribution in [2.45, 2.75) is 19.0 Å². The largest absolute Gasteiger partial charge is 0.351 e. The Morgan fingerprint density at radius 2 is 2.04 bits per heavy atom. The quantitative estimate of drug-likeness (QED) is 0.524. The van der Waals surface area contributed by atoms with E-state index in [0.29, 0.717) is 5.75 Å². The summed E-state index contributed by atoms with van der Waals surface area (Å²) < 4.78 is 3.97. The Morgan fingerprint density at radius 3 is 2.65 bits per heavy atom. The van der Waals surface area contributed by atoms with E-state index in [4.69, 9.17) is 0 Å². The van der Waals surface area contributed by atoms with Crippen LogP contribution in [-0.2, 0) is 14.1 Å². The molecule has 3 aromatic rings. The van der Waals surface area contributed by atoms with Gasteiger partial charge in [-0.05, 0) is 31.4 Å². The van der Waals surface area contributed by atoms with Crippen molar-refractivity contribution in [2.75, 3.05) is 5.75 Å². The maximum Gasteiger partial charge on any atom is 0.191 e. The summed E-state index contributed by atoms with van der Waals surface area (Å²) in [4.78, 5) is 13.5. The third kappa shape index (κ3) is 2.98. The number of rotatable bonds is 5. The highest BCUT2D eigenvalue weighted by atomic mass is 32.2. The van der Waals surface area contributed by atoms with Gasteiger partial charge in [0.2, 0.25) is 0 Å². The zero-order valence-electron chi connectivity index (χ0n) is 13.5. The molecule has 23 heavy (non-hydrogen) atoms. The summed E-state index contributed by atoms with van der Waals surface area (Å²) in [6.45, 7) is 3.98. The van der Waals surface area contributed by atoms with Crippen LogP contribution in [0.2, 0.25) is 0 Å². The molecule has 0 aliphatic heterocycles. The minimum Gasteiger partial charge on any atom is -0.351 e. The number of hydrogen-bond donors (Lipinski definition) is 0. The van der Waals surface area contributed by atoms with Crippen molar-refractivity contribution in [3.05, 3.63) is 40.5 Å². The van der Waals surface area contributed by atoms with Crippen LogP contribution in [0.3, 0.4) is 0 Å². The molecule has 7 heteroatoms. The molecule has 3 aromatic heterocycles. The van der Waals surface area contributed by atoms with E-state index in [1.165, 1.54) is 11.8 Å². The van der Waals surface area contributed by atoms with Crippen molar-refractivity contribution in [1.82, 2.24) is 19.3 Å². The summed E-state index contributed by atoms with van der Waals surface area (Å²) in [5.74, 6) is 1.32. The lowest BCUT2D eigenvalue weighted by Gasteiger charge is -2.03. The van der Waals surface area contributed by atoms with Crippen LogP contribution in [0.5, 0.6) is 0 Å². The highest BCUT2D eigenvalue weighted by Crippen LogP contribution is 2.26. The fourth-order valence-corrected chi connectivity index (χ4v) is 3.94. The normalized spacial score (nSPS) is 11.1. The molecule has 0 fully saturated rings. The second-order valence-electron chi connectivity index (χ2n) is 5.40. The third-order valence-electron chi connectivity index (χ3n) is 3.98. The molecule has 0 saturated heterocycles. The van der Waals surface area contributed by atoms with Crippen molar-refractivity contribution in [2.24, 2.45) is 14.1 Å². The van der Waals surface area contributed by atoms with Crippen LogP contribution in [0.15, 0.2) is 28.7 Å². The summed E-state index contributed by atoms with van der Waals surface area (Å²) >= 11 is 3.06. The van der Waals surface area contributed by atoms with E-state index in [2.05, 4.69) is 10.2 Å². The lowest BCUT2D eigenvalue weighted by atomic mass is 10.2. The van der Waals surface area contributed by atoms with Gasteiger partial charge in [-0.25, -0.2) is 0 Å². The van der Waals surface area contributed by atoms with Crippen LogP contribution in [0.25, 0.3) is 10.7 Å². The van der Waals surface area contributed by atoms with Gasteiger partial charge in [-0.3, -0.25) is 4.79 Å². The number of carbonyl (C=O) groups is 1. The number of nitrogens with zero attached hydrogens (tertiary/aromatic N) is 4. The maximum atomic E-state index is 12.5. The number of thiophene rings is 1. The first-order valence-electron chi connectivity index (χ1n) is 7.21. The van der Waals surface area contributed by atoms with Gasteiger partial charge < -0.3 is 9.13 Å². The molecule has 0 aliphatic rings. The molecule has 0 aliphatic carbocycles. The average molecular weight is 346 g/mol.